The molecule has 2 aromatic heterocycles. The monoisotopic (exact) mass is 314 g/mol. The summed E-state index contributed by atoms with van der Waals surface area (Å²) in [5.74, 6) is 0.527. The van der Waals surface area contributed by atoms with Gasteiger partial charge in [-0.25, -0.2) is 4.98 Å². The molecule has 0 unspecified atom stereocenters. The molecule has 2 rings (SSSR count). The van der Waals surface area contributed by atoms with Crippen LogP contribution in [0.5, 0.6) is 0 Å². The van der Waals surface area contributed by atoms with Crippen molar-refractivity contribution < 1.29 is 4.79 Å². The molecular weight excluding hydrogens is 292 g/mol. The number of hydrogen-bond acceptors (Lipinski definition) is 4. The molecular formula is C17H22N4O2. The summed E-state index contributed by atoms with van der Waals surface area (Å²) in [6.07, 6.45) is 1.74. The number of anilines is 1. The average molecular weight is 314 g/mol. The van der Waals surface area contributed by atoms with Crippen molar-refractivity contribution in [3.63, 3.8) is 0 Å². The standard InChI is InChI=1S/C17H22N4O2/c1-4-21(5-2)15-9-7-13(10-18-15)11-19-16(22)14-8-6-12(3)20-17(14)23/h6-10H,4-5,11H2,1-3H3,(H,19,22)(H,20,23). The number of carbonyl (C=O) groups is 1. The van der Waals surface area contributed by atoms with Crippen molar-refractivity contribution in [1.82, 2.24) is 15.3 Å². The highest BCUT2D eigenvalue weighted by molar-refractivity contribution is 5.93. The molecule has 0 radical (unpaired) electrons. The zero-order valence-electron chi connectivity index (χ0n) is 13.7. The quantitative estimate of drug-likeness (QED) is 0.853. The second-order valence-corrected chi connectivity index (χ2v) is 5.26. The second kappa shape index (κ2) is 7.58. The lowest BCUT2D eigenvalue weighted by Crippen LogP contribution is -2.29. The van der Waals surface area contributed by atoms with E-state index in [4.69, 9.17) is 0 Å². The fourth-order valence-corrected chi connectivity index (χ4v) is 2.28. The molecule has 0 aliphatic carbocycles. The zero-order valence-corrected chi connectivity index (χ0v) is 13.7. The fourth-order valence-electron chi connectivity index (χ4n) is 2.28. The molecule has 0 saturated carbocycles. The molecule has 2 aromatic rings. The number of amides is 1. The van der Waals surface area contributed by atoms with Gasteiger partial charge in [0.15, 0.2) is 0 Å². The van der Waals surface area contributed by atoms with Gasteiger partial charge in [-0.15, -0.1) is 0 Å². The Kier molecular flexibility index (Phi) is 5.51. The van der Waals surface area contributed by atoms with Crippen LogP contribution in [0.1, 0.15) is 35.5 Å². The van der Waals surface area contributed by atoms with Crippen molar-refractivity contribution in [2.24, 2.45) is 0 Å². The Morgan fingerprint density at radius 3 is 2.52 bits per heavy atom. The van der Waals surface area contributed by atoms with Gasteiger partial charge in [0.2, 0.25) is 0 Å². The van der Waals surface area contributed by atoms with E-state index in [1.54, 1.807) is 19.2 Å². The summed E-state index contributed by atoms with van der Waals surface area (Å²) in [6, 6.07) is 7.11. The van der Waals surface area contributed by atoms with Crippen LogP contribution in [-0.2, 0) is 6.54 Å². The first-order chi connectivity index (χ1) is 11.0. The van der Waals surface area contributed by atoms with Gasteiger partial charge in [-0.05, 0) is 44.5 Å². The van der Waals surface area contributed by atoms with E-state index < -0.39 is 0 Å². The van der Waals surface area contributed by atoms with Crippen molar-refractivity contribution in [2.75, 3.05) is 18.0 Å². The first-order valence-corrected chi connectivity index (χ1v) is 7.73. The SMILES string of the molecule is CCN(CC)c1ccc(CNC(=O)c2ccc(C)[nH]c2=O)cn1. The summed E-state index contributed by atoms with van der Waals surface area (Å²) in [7, 11) is 0. The van der Waals surface area contributed by atoms with E-state index in [-0.39, 0.29) is 17.0 Å². The van der Waals surface area contributed by atoms with Gasteiger partial charge in [0, 0.05) is 31.5 Å². The van der Waals surface area contributed by atoms with Crippen LogP contribution in [0.25, 0.3) is 0 Å². The number of rotatable bonds is 6. The second-order valence-electron chi connectivity index (χ2n) is 5.26. The van der Waals surface area contributed by atoms with Crippen LogP contribution in [0.2, 0.25) is 0 Å². The molecule has 0 aliphatic rings. The number of H-pyrrole nitrogens is 1. The highest BCUT2D eigenvalue weighted by Crippen LogP contribution is 2.10. The van der Waals surface area contributed by atoms with Crippen LogP contribution in [0.3, 0.4) is 0 Å². The number of aromatic nitrogens is 2. The van der Waals surface area contributed by atoms with Gasteiger partial charge < -0.3 is 15.2 Å². The Labute approximate surface area is 135 Å². The van der Waals surface area contributed by atoms with Crippen LogP contribution >= 0.6 is 0 Å². The van der Waals surface area contributed by atoms with Gasteiger partial charge in [-0.2, -0.15) is 0 Å². The van der Waals surface area contributed by atoms with Gasteiger partial charge in [0.1, 0.15) is 11.4 Å². The van der Waals surface area contributed by atoms with E-state index in [2.05, 4.69) is 34.0 Å². The van der Waals surface area contributed by atoms with Gasteiger partial charge >= 0.3 is 0 Å². The minimum absolute atomic E-state index is 0.114. The van der Waals surface area contributed by atoms with Crippen molar-refractivity contribution in [2.45, 2.75) is 27.3 Å². The maximum atomic E-state index is 12.1. The molecule has 0 aliphatic heterocycles. The van der Waals surface area contributed by atoms with E-state index in [1.165, 1.54) is 6.07 Å². The maximum absolute atomic E-state index is 12.1. The number of aromatic amines is 1. The maximum Gasteiger partial charge on any atom is 0.260 e. The topological polar surface area (TPSA) is 78.1 Å². The van der Waals surface area contributed by atoms with Gasteiger partial charge in [0.05, 0.1) is 0 Å². The minimum atomic E-state index is -0.390. The third-order valence-electron chi connectivity index (χ3n) is 3.65. The van der Waals surface area contributed by atoms with Crippen molar-refractivity contribution in [3.8, 4) is 0 Å². The van der Waals surface area contributed by atoms with Crippen LogP contribution in [0.15, 0.2) is 35.3 Å². The molecule has 0 aromatic carbocycles. The van der Waals surface area contributed by atoms with Crippen LogP contribution in [-0.4, -0.2) is 29.0 Å². The lowest BCUT2D eigenvalue weighted by Gasteiger charge is -2.19. The molecule has 2 heterocycles. The van der Waals surface area contributed by atoms with E-state index >= 15 is 0 Å². The molecule has 6 heteroatoms. The Morgan fingerprint density at radius 2 is 1.96 bits per heavy atom. The van der Waals surface area contributed by atoms with Crippen molar-refractivity contribution in [3.05, 3.63) is 57.6 Å². The Balaban J connectivity index is 2.00. The van der Waals surface area contributed by atoms with Crippen molar-refractivity contribution >= 4 is 11.7 Å². The predicted molar refractivity (Wildman–Crippen MR) is 90.8 cm³/mol. The summed E-state index contributed by atoms with van der Waals surface area (Å²) in [6.45, 7) is 8.06. The number of hydrogen-bond donors (Lipinski definition) is 2. The lowest BCUT2D eigenvalue weighted by molar-refractivity contribution is 0.0949. The molecule has 2 N–H and O–H groups in total. The first kappa shape index (κ1) is 16.7. The van der Waals surface area contributed by atoms with E-state index in [0.29, 0.717) is 6.54 Å². The smallest absolute Gasteiger partial charge is 0.260 e. The Hall–Kier alpha value is -2.63. The molecule has 6 nitrogen and oxygen atoms in total. The minimum Gasteiger partial charge on any atom is -0.357 e. The Bertz CT molecular complexity index is 718. The van der Waals surface area contributed by atoms with E-state index in [1.807, 2.05) is 12.1 Å². The molecule has 0 atom stereocenters. The van der Waals surface area contributed by atoms with Crippen molar-refractivity contribution in [1.29, 1.82) is 0 Å². The van der Waals surface area contributed by atoms with Crippen LogP contribution in [0, 0.1) is 6.92 Å². The molecule has 122 valence electrons. The molecule has 1 amide bonds. The van der Waals surface area contributed by atoms with Gasteiger partial charge in [-0.3, -0.25) is 9.59 Å². The van der Waals surface area contributed by atoms with Crippen LogP contribution < -0.4 is 15.8 Å². The largest absolute Gasteiger partial charge is 0.357 e. The number of nitrogens with one attached hydrogen (secondary N) is 2. The highest BCUT2D eigenvalue weighted by atomic mass is 16.2. The predicted octanol–water partition coefficient (Wildman–Crippen LogP) is 1.85. The van der Waals surface area contributed by atoms with Gasteiger partial charge in [-0.1, -0.05) is 6.07 Å². The third-order valence-corrected chi connectivity index (χ3v) is 3.65. The summed E-state index contributed by atoms with van der Waals surface area (Å²) in [5, 5.41) is 2.74. The Morgan fingerprint density at radius 1 is 1.22 bits per heavy atom. The molecule has 0 spiro atoms. The number of carbonyl (C=O) groups excluding carboxylic acids is 1. The number of aryl methyl sites for hydroxylation is 1. The zero-order chi connectivity index (χ0) is 16.8. The van der Waals surface area contributed by atoms with Crippen LogP contribution in [0.4, 0.5) is 5.82 Å². The summed E-state index contributed by atoms with van der Waals surface area (Å²) in [5.41, 5.74) is 1.35. The fraction of sp³-hybridized carbons (Fsp3) is 0.353. The van der Waals surface area contributed by atoms with E-state index in [9.17, 15) is 9.59 Å². The summed E-state index contributed by atoms with van der Waals surface area (Å²) < 4.78 is 0. The average Bonchev–Trinajstić information content (AvgIpc) is 2.55. The first-order valence-electron chi connectivity index (χ1n) is 7.73. The normalized spacial score (nSPS) is 10.4. The number of nitrogens with zero attached hydrogens (tertiary/aromatic N) is 2. The lowest BCUT2D eigenvalue weighted by atomic mass is 10.2. The van der Waals surface area contributed by atoms with Gasteiger partial charge in [0.25, 0.3) is 11.5 Å². The summed E-state index contributed by atoms with van der Waals surface area (Å²) >= 11 is 0. The highest BCUT2D eigenvalue weighted by Gasteiger charge is 2.10. The molecule has 0 saturated heterocycles. The molecule has 0 fully saturated rings. The molecule has 23 heavy (non-hydrogen) atoms. The number of pyridine rings is 2. The molecule has 0 bridgehead atoms. The third kappa shape index (κ3) is 4.18. The summed E-state index contributed by atoms with van der Waals surface area (Å²) in [4.78, 5) is 33.0. The van der Waals surface area contributed by atoms with E-state index in [0.717, 1.165) is 30.2 Å².